The largest absolute Gasteiger partial charge is 0.448 e. The molecule has 0 spiro atoms. The Bertz CT molecular complexity index is 658. The molecule has 0 unspecified atom stereocenters. The minimum absolute atomic E-state index is 0.367. The Labute approximate surface area is 104 Å². The molecule has 1 aromatic heterocycles. The predicted molar refractivity (Wildman–Crippen MR) is 66.8 cm³/mol. The molecule has 0 saturated heterocycles. The number of aromatic nitrogens is 1. The van der Waals surface area contributed by atoms with Gasteiger partial charge in [-0.3, -0.25) is 0 Å². The van der Waals surface area contributed by atoms with Crippen LogP contribution in [0.4, 0.5) is 4.79 Å². The van der Waals surface area contributed by atoms with Crippen molar-refractivity contribution in [2.24, 2.45) is 0 Å². The maximum absolute atomic E-state index is 11.9. The molecule has 0 bridgehead atoms. The number of carbonyl (C=O) groups excluding carboxylic acids is 1. The number of aryl methyl sites for hydroxylation is 1. The third-order valence-corrected chi connectivity index (χ3v) is 2.33. The van der Waals surface area contributed by atoms with Crippen LogP contribution < -0.4 is 5.63 Å². The van der Waals surface area contributed by atoms with Gasteiger partial charge in [0.05, 0.1) is 5.39 Å². The summed E-state index contributed by atoms with van der Waals surface area (Å²) in [6.45, 7) is 7.12. The van der Waals surface area contributed by atoms with Crippen molar-refractivity contribution in [3.05, 3.63) is 34.2 Å². The summed E-state index contributed by atoms with van der Waals surface area (Å²) in [7, 11) is 0. The van der Waals surface area contributed by atoms with Crippen LogP contribution in [0.2, 0.25) is 0 Å². The van der Waals surface area contributed by atoms with E-state index < -0.39 is 17.3 Å². The second-order valence-corrected chi connectivity index (χ2v) is 5.17. The van der Waals surface area contributed by atoms with Crippen molar-refractivity contribution < 1.29 is 14.1 Å². The number of hydrogen-bond acceptors (Lipinski definition) is 4. The number of hydrogen-bond donors (Lipinski definition) is 0. The molecule has 0 fully saturated rings. The molecule has 1 aromatic carbocycles. The van der Waals surface area contributed by atoms with E-state index in [1.807, 2.05) is 6.92 Å². The zero-order valence-electron chi connectivity index (χ0n) is 10.8. The monoisotopic (exact) mass is 249 g/mol. The molecule has 2 aromatic rings. The van der Waals surface area contributed by atoms with E-state index in [1.54, 1.807) is 39.0 Å². The SMILES string of the molecule is Cc1ccc2c(=O)on(C(=O)OC(C)(C)C)c2c1. The van der Waals surface area contributed by atoms with Crippen LogP contribution in [-0.2, 0) is 4.74 Å². The summed E-state index contributed by atoms with van der Waals surface area (Å²) in [5, 5.41) is 0.367. The molecule has 0 radical (unpaired) electrons. The third-order valence-electron chi connectivity index (χ3n) is 2.33. The minimum Gasteiger partial charge on any atom is -0.441 e. The number of benzene rings is 1. The van der Waals surface area contributed by atoms with Gasteiger partial charge in [0.2, 0.25) is 0 Å². The maximum atomic E-state index is 11.9. The van der Waals surface area contributed by atoms with E-state index in [-0.39, 0.29) is 0 Å². The number of fused-ring (bicyclic) bond motifs is 1. The van der Waals surface area contributed by atoms with Crippen molar-refractivity contribution in [2.75, 3.05) is 0 Å². The summed E-state index contributed by atoms with van der Waals surface area (Å²) in [6, 6.07) is 5.14. The van der Waals surface area contributed by atoms with E-state index in [1.165, 1.54) is 0 Å². The Morgan fingerprint density at radius 3 is 2.61 bits per heavy atom. The summed E-state index contributed by atoms with van der Waals surface area (Å²) in [4.78, 5) is 23.5. The topological polar surface area (TPSA) is 61.4 Å². The van der Waals surface area contributed by atoms with Crippen molar-refractivity contribution in [3.63, 3.8) is 0 Å². The molecule has 5 heteroatoms. The van der Waals surface area contributed by atoms with Gasteiger partial charge in [0.15, 0.2) is 0 Å². The molecule has 0 atom stereocenters. The molecule has 0 N–H and O–H groups in total. The number of ether oxygens (including phenoxy) is 1. The summed E-state index contributed by atoms with van der Waals surface area (Å²) >= 11 is 0. The molecule has 96 valence electrons. The molecule has 1 heterocycles. The van der Waals surface area contributed by atoms with Gasteiger partial charge in [-0.15, -0.1) is 4.74 Å². The minimum atomic E-state index is -0.694. The predicted octanol–water partition coefficient (Wildman–Crippen LogP) is 2.69. The van der Waals surface area contributed by atoms with Crippen LogP contribution in [0.25, 0.3) is 10.9 Å². The molecule has 0 aliphatic rings. The Morgan fingerprint density at radius 1 is 1.33 bits per heavy atom. The van der Waals surface area contributed by atoms with Gasteiger partial charge in [-0.25, -0.2) is 9.59 Å². The lowest BCUT2D eigenvalue weighted by atomic mass is 10.2. The zero-order valence-corrected chi connectivity index (χ0v) is 10.8. The van der Waals surface area contributed by atoms with Crippen molar-refractivity contribution in [3.8, 4) is 0 Å². The highest BCUT2D eigenvalue weighted by Gasteiger charge is 2.22. The molecular formula is C13H15NO4. The zero-order chi connectivity index (χ0) is 13.5. The molecule has 18 heavy (non-hydrogen) atoms. The molecular weight excluding hydrogens is 234 g/mol. The van der Waals surface area contributed by atoms with Crippen molar-refractivity contribution in [2.45, 2.75) is 33.3 Å². The molecule has 2 rings (SSSR count). The van der Waals surface area contributed by atoms with E-state index in [9.17, 15) is 9.59 Å². The summed E-state index contributed by atoms with van der Waals surface area (Å²) < 4.78 is 11.0. The van der Waals surface area contributed by atoms with Crippen LogP contribution in [0.5, 0.6) is 0 Å². The first-order chi connectivity index (χ1) is 8.28. The first-order valence-corrected chi connectivity index (χ1v) is 5.64. The molecule has 0 aliphatic carbocycles. The quantitative estimate of drug-likeness (QED) is 0.720. The Balaban J connectivity index is 2.55. The van der Waals surface area contributed by atoms with Gasteiger partial charge in [-0.2, -0.15) is 0 Å². The normalized spacial score (nSPS) is 11.8. The number of nitrogens with zero attached hydrogens (tertiary/aromatic N) is 1. The lowest BCUT2D eigenvalue weighted by Crippen LogP contribution is -2.26. The Kier molecular flexibility index (Phi) is 2.77. The fraction of sp³-hybridized carbons (Fsp3) is 0.385. The maximum Gasteiger partial charge on any atom is 0.448 e. The summed E-state index contributed by atoms with van der Waals surface area (Å²) in [5.41, 5.74) is 0.168. The van der Waals surface area contributed by atoms with Crippen molar-refractivity contribution in [1.29, 1.82) is 0 Å². The van der Waals surface area contributed by atoms with Crippen LogP contribution >= 0.6 is 0 Å². The fourth-order valence-corrected chi connectivity index (χ4v) is 1.60. The van der Waals surface area contributed by atoms with E-state index in [2.05, 4.69) is 0 Å². The van der Waals surface area contributed by atoms with Crippen molar-refractivity contribution in [1.82, 2.24) is 4.74 Å². The highest BCUT2D eigenvalue weighted by Crippen LogP contribution is 2.16. The molecule has 0 amide bonds. The lowest BCUT2D eigenvalue weighted by molar-refractivity contribution is 0.0391. The summed E-state index contributed by atoms with van der Waals surface area (Å²) in [6.07, 6.45) is -0.694. The van der Waals surface area contributed by atoms with E-state index >= 15 is 0 Å². The van der Waals surface area contributed by atoms with Gasteiger partial charge in [0, 0.05) is 0 Å². The first kappa shape index (κ1) is 12.4. The average molecular weight is 249 g/mol. The first-order valence-electron chi connectivity index (χ1n) is 5.64. The van der Waals surface area contributed by atoms with Crippen LogP contribution in [0.3, 0.4) is 0 Å². The van der Waals surface area contributed by atoms with E-state index in [4.69, 9.17) is 9.26 Å². The van der Waals surface area contributed by atoms with Crippen molar-refractivity contribution >= 4 is 17.0 Å². The smallest absolute Gasteiger partial charge is 0.441 e. The molecule has 0 aliphatic heterocycles. The van der Waals surface area contributed by atoms with Crippen LogP contribution in [-0.4, -0.2) is 16.4 Å². The molecule has 5 nitrogen and oxygen atoms in total. The van der Waals surface area contributed by atoms with Gasteiger partial charge in [0.1, 0.15) is 11.1 Å². The van der Waals surface area contributed by atoms with Crippen LogP contribution in [0.15, 0.2) is 27.5 Å². The van der Waals surface area contributed by atoms with E-state index in [0.29, 0.717) is 10.9 Å². The van der Waals surface area contributed by atoms with Gasteiger partial charge in [0.25, 0.3) is 0 Å². The number of carbonyl (C=O) groups is 1. The van der Waals surface area contributed by atoms with Gasteiger partial charge < -0.3 is 9.26 Å². The number of rotatable bonds is 0. The highest BCUT2D eigenvalue weighted by molar-refractivity contribution is 5.87. The van der Waals surface area contributed by atoms with Gasteiger partial charge >= 0.3 is 11.7 Å². The Hall–Kier alpha value is -2.04. The van der Waals surface area contributed by atoms with Gasteiger partial charge in [-0.05, 0) is 45.4 Å². The highest BCUT2D eigenvalue weighted by atomic mass is 16.6. The van der Waals surface area contributed by atoms with Crippen LogP contribution in [0, 0.1) is 6.92 Å². The second kappa shape index (κ2) is 4.01. The molecule has 0 saturated carbocycles. The average Bonchev–Trinajstić information content (AvgIpc) is 2.53. The van der Waals surface area contributed by atoms with Gasteiger partial charge in [-0.1, -0.05) is 6.07 Å². The summed E-state index contributed by atoms with van der Waals surface area (Å²) in [5.74, 6) is 0. The third kappa shape index (κ3) is 2.30. The lowest BCUT2D eigenvalue weighted by Gasteiger charge is -2.18. The standard InChI is InChI=1S/C13H15NO4/c1-8-5-6-9-10(7-8)14(18-11(9)15)12(16)17-13(2,3)4/h5-7H,1-4H3. The van der Waals surface area contributed by atoms with Crippen LogP contribution in [0.1, 0.15) is 26.3 Å². The Morgan fingerprint density at radius 2 is 2.00 bits per heavy atom. The van der Waals surface area contributed by atoms with E-state index in [0.717, 1.165) is 10.3 Å². The fourth-order valence-electron chi connectivity index (χ4n) is 1.60. The second-order valence-electron chi connectivity index (χ2n) is 5.17.